The van der Waals surface area contributed by atoms with Crippen LogP contribution >= 0.6 is 0 Å². The number of nitrogens with one attached hydrogen (secondary N) is 1. The van der Waals surface area contributed by atoms with Crippen molar-refractivity contribution in [1.82, 2.24) is 9.78 Å². The van der Waals surface area contributed by atoms with E-state index in [1.165, 1.54) is 0 Å². The molecule has 1 N–H and O–H groups in total. The molecule has 0 amide bonds. The molecule has 2 aromatic rings. The summed E-state index contributed by atoms with van der Waals surface area (Å²) in [6, 6.07) is 6.99. The van der Waals surface area contributed by atoms with Gasteiger partial charge in [-0.15, -0.1) is 0 Å². The quantitative estimate of drug-likeness (QED) is 0.662. The third-order valence-electron chi connectivity index (χ3n) is 2.71. The van der Waals surface area contributed by atoms with Crippen LogP contribution in [0.1, 0.15) is 12.5 Å². The fraction of sp³-hybridized carbons (Fsp3) is 0.308. The van der Waals surface area contributed by atoms with E-state index >= 15 is 0 Å². The number of benzene rings is 1. The molecule has 1 heterocycles. The van der Waals surface area contributed by atoms with Gasteiger partial charge in [0.2, 0.25) is 0 Å². The summed E-state index contributed by atoms with van der Waals surface area (Å²) in [6.07, 6.45) is 3.61. The summed E-state index contributed by atoms with van der Waals surface area (Å²) >= 11 is 0. The standard InChI is InChI=1S/C13H16N4O2/c1-10-6-12(8-13(7-10)17(18)19)15-11(2)9-16-5-3-4-14-16/h3-8,11,15H,9H2,1-2H3. The maximum atomic E-state index is 10.8. The second-order valence-corrected chi connectivity index (χ2v) is 4.59. The van der Waals surface area contributed by atoms with Crippen molar-refractivity contribution >= 4 is 11.4 Å². The highest BCUT2D eigenvalue weighted by Crippen LogP contribution is 2.21. The normalized spacial score (nSPS) is 12.1. The molecule has 0 fully saturated rings. The van der Waals surface area contributed by atoms with Crippen LogP contribution in [0.5, 0.6) is 0 Å². The zero-order valence-corrected chi connectivity index (χ0v) is 10.9. The van der Waals surface area contributed by atoms with Gasteiger partial charge in [-0.05, 0) is 31.5 Å². The fourth-order valence-corrected chi connectivity index (χ4v) is 1.97. The fourth-order valence-electron chi connectivity index (χ4n) is 1.97. The number of hydrogen-bond donors (Lipinski definition) is 1. The molecule has 0 aliphatic carbocycles. The number of anilines is 1. The second kappa shape index (κ2) is 5.51. The molecule has 2 rings (SSSR count). The van der Waals surface area contributed by atoms with Crippen molar-refractivity contribution in [3.63, 3.8) is 0 Å². The van der Waals surface area contributed by atoms with E-state index in [1.54, 1.807) is 18.3 Å². The first-order chi connectivity index (χ1) is 9.04. The lowest BCUT2D eigenvalue weighted by molar-refractivity contribution is -0.384. The van der Waals surface area contributed by atoms with Crippen molar-refractivity contribution in [2.75, 3.05) is 5.32 Å². The van der Waals surface area contributed by atoms with Gasteiger partial charge >= 0.3 is 0 Å². The molecule has 100 valence electrons. The smallest absolute Gasteiger partial charge is 0.271 e. The number of aryl methyl sites for hydroxylation is 1. The molecule has 1 aromatic heterocycles. The Kier molecular flexibility index (Phi) is 3.79. The number of nitro benzene ring substituents is 1. The van der Waals surface area contributed by atoms with Crippen LogP contribution in [-0.2, 0) is 6.54 Å². The van der Waals surface area contributed by atoms with Crippen molar-refractivity contribution in [1.29, 1.82) is 0 Å². The largest absolute Gasteiger partial charge is 0.381 e. The minimum Gasteiger partial charge on any atom is -0.381 e. The summed E-state index contributed by atoms with van der Waals surface area (Å²) in [7, 11) is 0. The number of aromatic nitrogens is 2. The van der Waals surface area contributed by atoms with Gasteiger partial charge in [0.05, 0.1) is 11.5 Å². The molecule has 0 aliphatic heterocycles. The predicted molar refractivity (Wildman–Crippen MR) is 73.1 cm³/mol. The van der Waals surface area contributed by atoms with E-state index in [9.17, 15) is 10.1 Å². The summed E-state index contributed by atoms with van der Waals surface area (Å²) in [6.45, 7) is 4.56. The summed E-state index contributed by atoms with van der Waals surface area (Å²) in [5.41, 5.74) is 1.73. The highest BCUT2D eigenvalue weighted by atomic mass is 16.6. The Morgan fingerprint density at radius 2 is 2.26 bits per heavy atom. The molecule has 0 aliphatic rings. The molecule has 1 unspecified atom stereocenters. The van der Waals surface area contributed by atoms with E-state index in [4.69, 9.17) is 0 Å². The average Bonchev–Trinajstić information content (AvgIpc) is 2.80. The van der Waals surface area contributed by atoms with E-state index in [0.29, 0.717) is 6.54 Å². The van der Waals surface area contributed by atoms with Crippen LogP contribution in [0.15, 0.2) is 36.7 Å². The molecule has 19 heavy (non-hydrogen) atoms. The highest BCUT2D eigenvalue weighted by Gasteiger charge is 2.10. The van der Waals surface area contributed by atoms with E-state index in [2.05, 4.69) is 10.4 Å². The lowest BCUT2D eigenvalue weighted by Crippen LogP contribution is -2.22. The highest BCUT2D eigenvalue weighted by molar-refractivity contribution is 5.54. The minimum absolute atomic E-state index is 0.105. The number of non-ortho nitro benzene ring substituents is 1. The maximum Gasteiger partial charge on any atom is 0.271 e. The third-order valence-corrected chi connectivity index (χ3v) is 2.71. The topological polar surface area (TPSA) is 73.0 Å². The second-order valence-electron chi connectivity index (χ2n) is 4.59. The van der Waals surface area contributed by atoms with Crippen LogP contribution in [0.25, 0.3) is 0 Å². The van der Waals surface area contributed by atoms with Crippen LogP contribution in [0, 0.1) is 17.0 Å². The van der Waals surface area contributed by atoms with E-state index in [-0.39, 0.29) is 16.7 Å². The van der Waals surface area contributed by atoms with Crippen LogP contribution in [-0.4, -0.2) is 20.7 Å². The van der Waals surface area contributed by atoms with Crippen LogP contribution in [0.3, 0.4) is 0 Å². The van der Waals surface area contributed by atoms with Crippen molar-refractivity contribution in [2.24, 2.45) is 0 Å². The van der Waals surface area contributed by atoms with Crippen LogP contribution in [0.2, 0.25) is 0 Å². The summed E-state index contributed by atoms with van der Waals surface area (Å²) in [4.78, 5) is 10.4. The Hall–Kier alpha value is -2.37. The van der Waals surface area contributed by atoms with Gasteiger partial charge in [-0.2, -0.15) is 5.10 Å². The molecule has 1 atom stereocenters. The van der Waals surface area contributed by atoms with Crippen molar-refractivity contribution < 1.29 is 4.92 Å². The van der Waals surface area contributed by atoms with Gasteiger partial charge < -0.3 is 5.32 Å². The Morgan fingerprint density at radius 3 is 2.89 bits per heavy atom. The van der Waals surface area contributed by atoms with Gasteiger partial charge in [-0.25, -0.2) is 0 Å². The van der Waals surface area contributed by atoms with Gasteiger partial charge in [-0.1, -0.05) is 0 Å². The van der Waals surface area contributed by atoms with Gasteiger partial charge in [-0.3, -0.25) is 14.8 Å². The zero-order chi connectivity index (χ0) is 13.8. The minimum atomic E-state index is -0.379. The van der Waals surface area contributed by atoms with Crippen molar-refractivity contribution in [2.45, 2.75) is 26.4 Å². The van der Waals surface area contributed by atoms with Gasteiger partial charge in [0.1, 0.15) is 0 Å². The Bertz CT molecular complexity index is 566. The van der Waals surface area contributed by atoms with Crippen LogP contribution < -0.4 is 5.32 Å². The van der Waals surface area contributed by atoms with Gasteiger partial charge in [0.15, 0.2) is 0 Å². The van der Waals surface area contributed by atoms with Crippen molar-refractivity contribution in [3.05, 3.63) is 52.3 Å². The number of hydrogen-bond acceptors (Lipinski definition) is 4. The van der Waals surface area contributed by atoms with Gasteiger partial charge in [0.25, 0.3) is 5.69 Å². The number of nitrogens with zero attached hydrogens (tertiary/aromatic N) is 3. The van der Waals surface area contributed by atoms with E-state index in [1.807, 2.05) is 36.9 Å². The molecular formula is C13H16N4O2. The molecule has 0 radical (unpaired) electrons. The number of rotatable bonds is 5. The van der Waals surface area contributed by atoms with Gasteiger partial charge in [0, 0.05) is 36.3 Å². The van der Waals surface area contributed by atoms with Crippen LogP contribution in [0.4, 0.5) is 11.4 Å². The molecule has 0 saturated carbocycles. The molecular weight excluding hydrogens is 244 g/mol. The lowest BCUT2D eigenvalue weighted by atomic mass is 10.2. The lowest BCUT2D eigenvalue weighted by Gasteiger charge is -2.15. The Morgan fingerprint density at radius 1 is 1.47 bits per heavy atom. The monoisotopic (exact) mass is 260 g/mol. The summed E-state index contributed by atoms with van der Waals surface area (Å²) in [5.74, 6) is 0. The zero-order valence-electron chi connectivity index (χ0n) is 10.9. The first-order valence-electron chi connectivity index (χ1n) is 6.04. The molecule has 0 spiro atoms. The molecule has 6 heteroatoms. The first-order valence-corrected chi connectivity index (χ1v) is 6.04. The molecule has 6 nitrogen and oxygen atoms in total. The summed E-state index contributed by atoms with van der Waals surface area (Å²) < 4.78 is 1.82. The predicted octanol–water partition coefficient (Wildman–Crippen LogP) is 2.60. The average molecular weight is 260 g/mol. The Balaban J connectivity index is 2.08. The van der Waals surface area contributed by atoms with E-state index in [0.717, 1.165) is 11.3 Å². The number of nitro groups is 1. The van der Waals surface area contributed by atoms with Crippen molar-refractivity contribution in [3.8, 4) is 0 Å². The third kappa shape index (κ3) is 3.54. The first kappa shape index (κ1) is 13.1. The molecule has 1 aromatic carbocycles. The van der Waals surface area contributed by atoms with E-state index < -0.39 is 0 Å². The Labute approximate surface area is 111 Å². The summed E-state index contributed by atoms with van der Waals surface area (Å²) in [5, 5.41) is 18.2. The molecule has 0 bridgehead atoms. The maximum absolute atomic E-state index is 10.8. The SMILES string of the molecule is Cc1cc(NC(C)Cn2cccn2)cc([N+](=O)[O-])c1. The molecule has 0 saturated heterocycles.